The van der Waals surface area contributed by atoms with Crippen LogP contribution in [0.2, 0.25) is 0 Å². The lowest BCUT2D eigenvalue weighted by molar-refractivity contribution is 0.0655. The first kappa shape index (κ1) is 27.4. The number of rotatable bonds is 4. The van der Waals surface area contributed by atoms with Crippen molar-refractivity contribution in [2.24, 2.45) is 5.41 Å². The van der Waals surface area contributed by atoms with Gasteiger partial charge < -0.3 is 14.5 Å². The van der Waals surface area contributed by atoms with E-state index in [4.69, 9.17) is 4.74 Å². The standard InChI is InChI=1S/C31H38N2O.C2H6/c1-9-13-25-24(23-14-11-15-23)16-12-17-26(25)30-28-18-21(3)27(22(4)34-10-2)19-33(28)29(20-32(30)8)31(5,6)7;1-2/h9,11-12,14-17,19,28-29H,3-4,10,18,20H2,1-2,5-8H3;1-2H3/b30-26-;. The highest BCUT2D eigenvalue weighted by Crippen LogP contribution is 2.41. The van der Waals surface area contributed by atoms with Gasteiger partial charge in [-0.1, -0.05) is 84.2 Å². The minimum Gasteiger partial charge on any atom is -0.494 e. The fourth-order valence-corrected chi connectivity index (χ4v) is 5.34. The van der Waals surface area contributed by atoms with E-state index in [0.717, 1.165) is 29.3 Å². The lowest BCUT2D eigenvalue weighted by Gasteiger charge is -2.54. The van der Waals surface area contributed by atoms with E-state index in [1.54, 1.807) is 0 Å². The molecule has 1 fully saturated rings. The average Bonchev–Trinajstić information content (AvgIpc) is 2.79. The summed E-state index contributed by atoms with van der Waals surface area (Å²) in [7, 11) is 2.24. The van der Waals surface area contributed by atoms with Crippen molar-refractivity contribution < 1.29 is 4.74 Å². The van der Waals surface area contributed by atoms with Crippen LogP contribution in [0.5, 0.6) is 0 Å². The molecule has 0 amide bonds. The van der Waals surface area contributed by atoms with Gasteiger partial charge in [-0.3, -0.25) is 0 Å². The Labute approximate surface area is 218 Å². The normalized spacial score (nSPS) is 22.3. The molecule has 0 radical (unpaired) electrons. The summed E-state index contributed by atoms with van der Waals surface area (Å²) in [4.78, 5) is 5.02. The molecule has 36 heavy (non-hydrogen) atoms. The van der Waals surface area contributed by atoms with Crippen LogP contribution in [-0.2, 0) is 4.74 Å². The van der Waals surface area contributed by atoms with Crippen LogP contribution in [0, 0.1) is 5.41 Å². The smallest absolute Gasteiger partial charge is 0.121 e. The SMILES string of the molecule is C=C1CC2/C(=c3\cccc(C4=CC=C4)c3=C=CC)N(C)CC(C(C)(C)C)N2C=C1C(=C)OCC.CC. The van der Waals surface area contributed by atoms with Gasteiger partial charge in [0.25, 0.3) is 0 Å². The first-order valence-electron chi connectivity index (χ1n) is 13.3. The monoisotopic (exact) mass is 484 g/mol. The minimum atomic E-state index is 0.104. The molecule has 192 valence electrons. The van der Waals surface area contributed by atoms with Crippen molar-refractivity contribution >= 4 is 17.0 Å². The summed E-state index contributed by atoms with van der Waals surface area (Å²) < 4.78 is 5.80. The molecular formula is C33H44N2O. The lowest BCUT2D eigenvalue weighted by atomic mass is 9.79. The molecule has 1 aromatic rings. The van der Waals surface area contributed by atoms with Crippen molar-refractivity contribution in [2.45, 2.75) is 67.0 Å². The second kappa shape index (κ2) is 11.3. The van der Waals surface area contributed by atoms with Crippen LogP contribution in [0.15, 0.2) is 78.8 Å². The maximum absolute atomic E-state index is 5.80. The number of hydrogen-bond acceptors (Lipinski definition) is 3. The number of allylic oxidation sites excluding steroid dienone is 6. The van der Waals surface area contributed by atoms with Gasteiger partial charge >= 0.3 is 0 Å². The van der Waals surface area contributed by atoms with Gasteiger partial charge in [-0.15, -0.1) is 5.73 Å². The highest BCUT2D eigenvalue weighted by Gasteiger charge is 2.43. The third-order valence-corrected chi connectivity index (χ3v) is 7.10. The van der Waals surface area contributed by atoms with Gasteiger partial charge in [-0.2, -0.15) is 0 Å². The minimum absolute atomic E-state index is 0.104. The van der Waals surface area contributed by atoms with Gasteiger partial charge in [-0.05, 0) is 48.5 Å². The number of hydrogen-bond donors (Lipinski definition) is 0. The molecule has 1 aromatic carbocycles. The Kier molecular flexibility index (Phi) is 8.59. The van der Waals surface area contributed by atoms with Crippen LogP contribution in [0.1, 0.15) is 60.5 Å². The van der Waals surface area contributed by atoms with Crippen molar-refractivity contribution in [1.29, 1.82) is 0 Å². The molecule has 1 aliphatic carbocycles. The molecule has 2 heterocycles. The molecule has 2 aliphatic heterocycles. The summed E-state index contributed by atoms with van der Waals surface area (Å²) >= 11 is 0. The van der Waals surface area contributed by atoms with Crippen LogP contribution >= 0.6 is 0 Å². The van der Waals surface area contributed by atoms with E-state index in [-0.39, 0.29) is 11.5 Å². The van der Waals surface area contributed by atoms with E-state index in [2.05, 4.69) is 99.1 Å². The number of piperazine rings is 1. The molecule has 0 bridgehead atoms. The van der Waals surface area contributed by atoms with Crippen molar-refractivity contribution in [3.8, 4) is 0 Å². The summed E-state index contributed by atoms with van der Waals surface area (Å²) in [6.45, 7) is 25.2. The number of benzene rings is 1. The van der Waals surface area contributed by atoms with E-state index in [9.17, 15) is 0 Å². The van der Waals surface area contributed by atoms with Gasteiger partial charge in [-0.25, -0.2) is 0 Å². The molecule has 0 saturated carbocycles. The molecule has 3 heteroatoms. The summed E-state index contributed by atoms with van der Waals surface area (Å²) in [6.07, 6.45) is 11.6. The molecule has 4 rings (SSSR count). The molecule has 1 saturated heterocycles. The zero-order valence-corrected chi connectivity index (χ0v) is 23.6. The summed E-state index contributed by atoms with van der Waals surface area (Å²) in [5.41, 5.74) is 9.61. The van der Waals surface area contributed by atoms with E-state index >= 15 is 0 Å². The van der Waals surface area contributed by atoms with Gasteiger partial charge in [0.15, 0.2) is 0 Å². The highest BCUT2D eigenvalue weighted by molar-refractivity contribution is 5.81. The molecule has 0 N–H and O–H groups in total. The van der Waals surface area contributed by atoms with Crippen molar-refractivity contribution in [3.05, 3.63) is 94.8 Å². The number of ether oxygens (including phenoxy) is 1. The Morgan fingerprint density at radius 2 is 1.94 bits per heavy atom. The predicted octanol–water partition coefficient (Wildman–Crippen LogP) is 6.15. The second-order valence-corrected chi connectivity index (χ2v) is 10.5. The fourth-order valence-electron chi connectivity index (χ4n) is 5.34. The summed E-state index contributed by atoms with van der Waals surface area (Å²) in [6, 6.07) is 7.16. The van der Waals surface area contributed by atoms with E-state index < -0.39 is 0 Å². The fraction of sp³-hybridized carbons (Fsp3) is 0.424. The lowest BCUT2D eigenvalue weighted by Crippen LogP contribution is -2.61. The van der Waals surface area contributed by atoms with Crippen molar-refractivity contribution in [1.82, 2.24) is 9.80 Å². The topological polar surface area (TPSA) is 15.7 Å². The third kappa shape index (κ3) is 5.18. The molecule has 2 atom stereocenters. The van der Waals surface area contributed by atoms with Crippen LogP contribution < -0.4 is 10.4 Å². The first-order chi connectivity index (χ1) is 17.2. The van der Waals surface area contributed by atoms with Gasteiger partial charge in [0, 0.05) is 41.5 Å². The van der Waals surface area contributed by atoms with Crippen molar-refractivity contribution in [3.63, 3.8) is 0 Å². The van der Waals surface area contributed by atoms with Crippen LogP contribution in [0.3, 0.4) is 0 Å². The summed E-state index contributed by atoms with van der Waals surface area (Å²) in [5.74, 6) is 0.715. The van der Waals surface area contributed by atoms with Crippen LogP contribution in [-0.4, -0.2) is 42.1 Å². The molecule has 0 spiro atoms. The number of nitrogens with zero attached hydrogens (tertiary/aromatic N) is 2. The van der Waals surface area contributed by atoms with E-state index in [1.807, 2.05) is 33.8 Å². The Morgan fingerprint density at radius 3 is 2.50 bits per heavy atom. The zero-order chi connectivity index (χ0) is 26.6. The molecule has 0 aromatic heterocycles. The Hall–Kier alpha value is -3.16. The third-order valence-electron chi connectivity index (χ3n) is 7.10. The second-order valence-electron chi connectivity index (χ2n) is 10.5. The van der Waals surface area contributed by atoms with E-state index in [0.29, 0.717) is 18.4 Å². The average molecular weight is 485 g/mol. The Bertz CT molecular complexity index is 1260. The van der Waals surface area contributed by atoms with Crippen LogP contribution in [0.4, 0.5) is 0 Å². The van der Waals surface area contributed by atoms with Gasteiger partial charge in [0.2, 0.25) is 0 Å². The quantitative estimate of drug-likeness (QED) is 0.477. The highest BCUT2D eigenvalue weighted by atomic mass is 16.5. The number of fused-ring (bicyclic) bond motifs is 1. The van der Waals surface area contributed by atoms with Crippen molar-refractivity contribution in [2.75, 3.05) is 20.2 Å². The Morgan fingerprint density at radius 1 is 1.25 bits per heavy atom. The van der Waals surface area contributed by atoms with E-state index in [1.165, 1.54) is 22.1 Å². The molecule has 3 aliphatic rings. The first-order valence-corrected chi connectivity index (χ1v) is 13.3. The predicted molar refractivity (Wildman–Crippen MR) is 155 cm³/mol. The summed E-state index contributed by atoms with van der Waals surface area (Å²) in [5, 5.41) is 2.41. The maximum atomic E-state index is 5.80. The zero-order valence-electron chi connectivity index (χ0n) is 23.6. The van der Waals surface area contributed by atoms with Gasteiger partial charge in [0.1, 0.15) is 5.76 Å². The Balaban J connectivity index is 0.00000176. The van der Waals surface area contributed by atoms with Crippen LogP contribution in [0.25, 0.3) is 17.0 Å². The number of likely N-dealkylation sites (N-methyl/N-ethyl adjacent to an activating group) is 1. The molecule has 3 nitrogen and oxygen atoms in total. The largest absolute Gasteiger partial charge is 0.494 e. The molecule has 2 unspecified atom stereocenters. The van der Waals surface area contributed by atoms with Gasteiger partial charge in [0.05, 0.1) is 18.7 Å². The molecular weight excluding hydrogens is 440 g/mol. The maximum Gasteiger partial charge on any atom is 0.121 e.